The van der Waals surface area contributed by atoms with Gasteiger partial charge in [0.1, 0.15) is 0 Å². The zero-order valence-electron chi connectivity index (χ0n) is 12.2. The summed E-state index contributed by atoms with van der Waals surface area (Å²) < 4.78 is 11.8. The summed E-state index contributed by atoms with van der Waals surface area (Å²) in [5.74, 6) is 0.200. The van der Waals surface area contributed by atoms with Crippen LogP contribution in [-0.4, -0.2) is 45.5 Å². The first kappa shape index (κ1) is 14.8. The van der Waals surface area contributed by atoms with Crippen LogP contribution in [0.1, 0.15) is 13.8 Å². The second-order valence-corrected chi connectivity index (χ2v) is 4.82. The van der Waals surface area contributed by atoms with Crippen molar-refractivity contribution in [1.29, 1.82) is 0 Å². The lowest BCUT2D eigenvalue weighted by molar-refractivity contribution is -0.146. The van der Waals surface area contributed by atoms with Crippen LogP contribution < -0.4 is 9.47 Å². The Bertz CT molecular complexity index is 666. The van der Waals surface area contributed by atoms with Gasteiger partial charge in [0.2, 0.25) is 0 Å². The van der Waals surface area contributed by atoms with Crippen molar-refractivity contribution < 1.29 is 19.4 Å². The van der Waals surface area contributed by atoms with E-state index in [1.807, 2.05) is 0 Å². The molecule has 0 aliphatic carbocycles. The van der Waals surface area contributed by atoms with Gasteiger partial charge in [0, 0.05) is 0 Å². The summed E-state index contributed by atoms with van der Waals surface area (Å²) in [7, 11) is 3.02. The summed E-state index contributed by atoms with van der Waals surface area (Å²) in [6.45, 7) is 3.03. The van der Waals surface area contributed by atoms with Gasteiger partial charge in [-0.15, -0.1) is 5.10 Å². The van der Waals surface area contributed by atoms with Crippen molar-refractivity contribution in [3.63, 3.8) is 0 Å². The number of methoxy groups -OCH3 is 2. The van der Waals surface area contributed by atoms with Gasteiger partial charge in [0.05, 0.1) is 19.8 Å². The number of nitrogens with zero attached hydrogens (tertiary/aromatic N) is 4. The lowest BCUT2D eigenvalue weighted by Crippen LogP contribution is -2.37. The van der Waals surface area contributed by atoms with Gasteiger partial charge in [-0.3, -0.25) is 0 Å². The average molecular weight is 292 g/mol. The molecular formula is C13H16N4O4. The molecule has 0 atom stereocenters. The smallest absolute Gasteiger partial charge is 0.331 e. The van der Waals surface area contributed by atoms with Crippen molar-refractivity contribution in [2.45, 2.75) is 19.4 Å². The van der Waals surface area contributed by atoms with Gasteiger partial charge in [0.15, 0.2) is 22.9 Å². The lowest BCUT2D eigenvalue weighted by atomic mass is 10.1. The third-order valence-corrected chi connectivity index (χ3v) is 3.17. The van der Waals surface area contributed by atoms with Crippen LogP contribution in [-0.2, 0) is 10.3 Å². The summed E-state index contributed by atoms with van der Waals surface area (Å²) in [6.07, 6.45) is 0. The monoisotopic (exact) mass is 292 g/mol. The minimum absolute atomic E-state index is 0.290. The maximum atomic E-state index is 11.4. The molecule has 1 N–H and O–H groups in total. The van der Waals surface area contributed by atoms with Crippen LogP contribution in [0.15, 0.2) is 18.2 Å². The zero-order valence-corrected chi connectivity index (χ0v) is 12.2. The van der Waals surface area contributed by atoms with Crippen molar-refractivity contribution in [2.75, 3.05) is 14.2 Å². The molecule has 2 aromatic rings. The third-order valence-electron chi connectivity index (χ3n) is 3.17. The number of carboxylic acids is 1. The Morgan fingerprint density at radius 1 is 1.29 bits per heavy atom. The topological polar surface area (TPSA) is 99.4 Å². The Morgan fingerprint density at radius 3 is 2.57 bits per heavy atom. The molecule has 0 amide bonds. The van der Waals surface area contributed by atoms with E-state index < -0.39 is 11.5 Å². The number of ether oxygens (including phenoxy) is 2. The summed E-state index contributed by atoms with van der Waals surface area (Å²) in [5.41, 5.74) is -0.747. The van der Waals surface area contributed by atoms with Crippen LogP contribution >= 0.6 is 0 Å². The molecule has 1 aromatic heterocycles. The standard InChI is InChI=1S/C13H16N4O4/c1-13(2,12(18)19)17-11(14-15-16-17)8-6-5-7-9(20-3)10(8)21-4/h5-7H,1-4H3,(H,18,19). The van der Waals surface area contributed by atoms with Crippen molar-refractivity contribution >= 4 is 5.97 Å². The van der Waals surface area contributed by atoms with E-state index in [4.69, 9.17) is 9.47 Å². The van der Waals surface area contributed by atoms with Crippen molar-refractivity contribution in [1.82, 2.24) is 20.2 Å². The van der Waals surface area contributed by atoms with Crippen LogP contribution in [0.2, 0.25) is 0 Å². The number of carboxylic acid groups (broad SMARTS) is 1. The van der Waals surface area contributed by atoms with E-state index in [0.717, 1.165) is 0 Å². The molecule has 0 bridgehead atoms. The van der Waals surface area contributed by atoms with Gasteiger partial charge in [-0.05, 0) is 36.4 Å². The first-order chi connectivity index (χ1) is 9.93. The SMILES string of the molecule is COc1cccc(-c2nnnn2C(C)(C)C(=O)O)c1OC. The molecule has 1 heterocycles. The minimum atomic E-state index is -1.30. The first-order valence-electron chi connectivity index (χ1n) is 6.17. The third kappa shape index (κ3) is 2.39. The Hall–Kier alpha value is -2.64. The van der Waals surface area contributed by atoms with Crippen molar-refractivity contribution in [3.8, 4) is 22.9 Å². The number of para-hydroxylation sites is 1. The summed E-state index contributed by atoms with van der Waals surface area (Å²) in [4.78, 5) is 11.4. The second-order valence-electron chi connectivity index (χ2n) is 4.82. The number of hydrogen-bond acceptors (Lipinski definition) is 6. The fourth-order valence-electron chi connectivity index (χ4n) is 1.89. The number of aromatic nitrogens is 4. The molecule has 0 radical (unpaired) electrons. The number of rotatable bonds is 5. The van der Waals surface area contributed by atoms with E-state index in [-0.39, 0.29) is 5.82 Å². The Kier molecular flexibility index (Phi) is 3.79. The predicted octanol–water partition coefficient (Wildman–Crippen LogP) is 1.18. The van der Waals surface area contributed by atoms with Gasteiger partial charge in [-0.1, -0.05) is 6.07 Å². The molecule has 1 aromatic carbocycles. The summed E-state index contributed by atoms with van der Waals surface area (Å²) in [5, 5.41) is 20.6. The molecule has 2 rings (SSSR count). The van der Waals surface area contributed by atoms with Crippen LogP contribution in [0.25, 0.3) is 11.4 Å². The van der Waals surface area contributed by atoms with E-state index in [0.29, 0.717) is 17.1 Å². The molecule has 0 saturated heterocycles. The number of tetrazole rings is 1. The Morgan fingerprint density at radius 2 is 2.00 bits per heavy atom. The van der Waals surface area contributed by atoms with E-state index >= 15 is 0 Å². The van der Waals surface area contributed by atoms with Crippen molar-refractivity contribution in [3.05, 3.63) is 18.2 Å². The average Bonchev–Trinajstić information content (AvgIpc) is 2.95. The molecule has 112 valence electrons. The van der Waals surface area contributed by atoms with Crippen LogP contribution in [0.5, 0.6) is 11.5 Å². The van der Waals surface area contributed by atoms with E-state index in [1.54, 1.807) is 18.2 Å². The van der Waals surface area contributed by atoms with Crippen LogP contribution in [0, 0.1) is 0 Å². The second kappa shape index (κ2) is 5.39. The predicted molar refractivity (Wildman–Crippen MR) is 73.3 cm³/mol. The van der Waals surface area contributed by atoms with Gasteiger partial charge in [-0.2, -0.15) is 0 Å². The lowest BCUT2D eigenvalue weighted by Gasteiger charge is -2.21. The van der Waals surface area contributed by atoms with Gasteiger partial charge in [-0.25, -0.2) is 9.48 Å². The Labute approximate surface area is 121 Å². The first-order valence-corrected chi connectivity index (χ1v) is 6.17. The van der Waals surface area contributed by atoms with Gasteiger partial charge in [0.25, 0.3) is 0 Å². The Balaban J connectivity index is 2.65. The number of hydrogen-bond donors (Lipinski definition) is 1. The molecule has 0 aliphatic heterocycles. The highest BCUT2D eigenvalue weighted by atomic mass is 16.5. The fraction of sp³-hybridized carbons (Fsp3) is 0.385. The highest BCUT2D eigenvalue weighted by molar-refractivity contribution is 5.77. The normalized spacial score (nSPS) is 11.2. The maximum Gasteiger partial charge on any atom is 0.331 e. The van der Waals surface area contributed by atoms with Crippen LogP contribution in [0.3, 0.4) is 0 Å². The molecule has 0 spiro atoms. The van der Waals surface area contributed by atoms with Crippen LogP contribution in [0.4, 0.5) is 0 Å². The molecule has 0 aliphatic rings. The largest absolute Gasteiger partial charge is 0.493 e. The summed E-state index contributed by atoms with van der Waals surface area (Å²) >= 11 is 0. The summed E-state index contributed by atoms with van der Waals surface area (Å²) in [6, 6.07) is 5.23. The zero-order chi connectivity index (χ0) is 15.6. The van der Waals surface area contributed by atoms with E-state index in [2.05, 4.69) is 15.5 Å². The minimum Gasteiger partial charge on any atom is -0.493 e. The molecule has 0 unspecified atom stereocenters. The molecule has 0 saturated carbocycles. The van der Waals surface area contributed by atoms with E-state index in [1.165, 1.54) is 32.7 Å². The quantitative estimate of drug-likeness (QED) is 0.883. The highest BCUT2D eigenvalue weighted by Gasteiger charge is 2.34. The molecule has 8 heteroatoms. The van der Waals surface area contributed by atoms with Gasteiger partial charge < -0.3 is 14.6 Å². The molecule has 0 fully saturated rings. The molecular weight excluding hydrogens is 276 g/mol. The number of aliphatic carboxylic acids is 1. The van der Waals surface area contributed by atoms with Crippen molar-refractivity contribution in [2.24, 2.45) is 0 Å². The highest BCUT2D eigenvalue weighted by Crippen LogP contribution is 2.37. The van der Waals surface area contributed by atoms with Gasteiger partial charge >= 0.3 is 5.97 Å². The molecule has 21 heavy (non-hydrogen) atoms. The fourth-order valence-corrected chi connectivity index (χ4v) is 1.89. The number of carbonyl (C=O) groups is 1. The van der Waals surface area contributed by atoms with E-state index in [9.17, 15) is 9.90 Å². The molecule has 8 nitrogen and oxygen atoms in total. The maximum absolute atomic E-state index is 11.4. The number of benzene rings is 1.